The van der Waals surface area contributed by atoms with Crippen LogP contribution in [0.1, 0.15) is 5.56 Å². The SMILES string of the molecule is CNC(=O)CN(C)c1ccc(F)cc1/C=C/C(=O)O. The fourth-order valence-electron chi connectivity index (χ4n) is 1.55. The van der Waals surface area contributed by atoms with E-state index in [1.54, 1.807) is 11.9 Å². The minimum atomic E-state index is -1.12. The Morgan fingerprint density at radius 2 is 2.16 bits per heavy atom. The number of carbonyl (C=O) groups is 2. The smallest absolute Gasteiger partial charge is 0.328 e. The number of nitrogens with zero attached hydrogens (tertiary/aromatic N) is 1. The molecule has 0 saturated carbocycles. The zero-order valence-corrected chi connectivity index (χ0v) is 10.7. The zero-order valence-electron chi connectivity index (χ0n) is 10.7. The summed E-state index contributed by atoms with van der Waals surface area (Å²) in [7, 11) is 3.19. The van der Waals surface area contributed by atoms with Gasteiger partial charge in [-0.05, 0) is 24.3 Å². The number of benzene rings is 1. The van der Waals surface area contributed by atoms with Crippen molar-refractivity contribution in [1.82, 2.24) is 5.32 Å². The topological polar surface area (TPSA) is 69.6 Å². The van der Waals surface area contributed by atoms with Gasteiger partial charge in [0.2, 0.25) is 5.91 Å². The Morgan fingerprint density at radius 1 is 1.47 bits per heavy atom. The Morgan fingerprint density at radius 3 is 2.74 bits per heavy atom. The van der Waals surface area contributed by atoms with Crippen LogP contribution in [-0.4, -0.2) is 37.6 Å². The van der Waals surface area contributed by atoms with Crippen molar-refractivity contribution >= 4 is 23.6 Å². The lowest BCUT2D eigenvalue weighted by atomic mass is 10.1. The molecule has 0 aliphatic heterocycles. The van der Waals surface area contributed by atoms with E-state index < -0.39 is 11.8 Å². The lowest BCUT2D eigenvalue weighted by molar-refractivity contribution is -0.131. The highest BCUT2D eigenvalue weighted by molar-refractivity contribution is 5.88. The molecule has 1 aromatic rings. The molecule has 19 heavy (non-hydrogen) atoms. The summed E-state index contributed by atoms with van der Waals surface area (Å²) >= 11 is 0. The molecule has 0 saturated heterocycles. The van der Waals surface area contributed by atoms with E-state index in [2.05, 4.69) is 5.32 Å². The van der Waals surface area contributed by atoms with Gasteiger partial charge in [-0.25, -0.2) is 9.18 Å². The third-order valence-corrected chi connectivity index (χ3v) is 2.47. The predicted molar refractivity (Wildman–Crippen MR) is 70.4 cm³/mol. The fraction of sp³-hybridized carbons (Fsp3) is 0.231. The van der Waals surface area contributed by atoms with Gasteiger partial charge in [-0.2, -0.15) is 0 Å². The minimum absolute atomic E-state index is 0.0933. The molecule has 0 fully saturated rings. The van der Waals surface area contributed by atoms with Gasteiger partial charge in [0.05, 0.1) is 6.54 Å². The summed E-state index contributed by atoms with van der Waals surface area (Å²) in [5.41, 5.74) is 0.969. The molecule has 0 unspecified atom stereocenters. The lowest BCUT2D eigenvalue weighted by Gasteiger charge is -2.20. The van der Waals surface area contributed by atoms with Crippen LogP contribution in [0.5, 0.6) is 0 Å². The van der Waals surface area contributed by atoms with Crippen molar-refractivity contribution in [3.63, 3.8) is 0 Å². The lowest BCUT2D eigenvalue weighted by Crippen LogP contribution is -2.33. The van der Waals surface area contributed by atoms with Crippen LogP contribution in [0.3, 0.4) is 0 Å². The van der Waals surface area contributed by atoms with Crippen molar-refractivity contribution in [2.45, 2.75) is 0 Å². The predicted octanol–water partition coefficient (Wildman–Crippen LogP) is 1.11. The first kappa shape index (κ1) is 14.7. The molecule has 1 rings (SSSR count). The highest BCUT2D eigenvalue weighted by Crippen LogP contribution is 2.22. The summed E-state index contributed by atoms with van der Waals surface area (Å²) in [6.07, 6.45) is 2.22. The van der Waals surface area contributed by atoms with Gasteiger partial charge in [-0.15, -0.1) is 0 Å². The van der Waals surface area contributed by atoms with Crippen molar-refractivity contribution < 1.29 is 19.1 Å². The summed E-state index contributed by atoms with van der Waals surface area (Å²) < 4.78 is 13.2. The average Bonchev–Trinajstić information content (AvgIpc) is 2.36. The normalized spacial score (nSPS) is 10.5. The van der Waals surface area contributed by atoms with Gasteiger partial charge in [-0.1, -0.05) is 0 Å². The molecule has 0 radical (unpaired) electrons. The first-order chi connectivity index (χ1) is 8.93. The molecular weight excluding hydrogens is 251 g/mol. The van der Waals surface area contributed by atoms with Gasteiger partial charge < -0.3 is 15.3 Å². The molecule has 102 valence electrons. The number of halogens is 1. The number of rotatable bonds is 5. The van der Waals surface area contributed by atoms with E-state index in [1.807, 2.05) is 0 Å². The zero-order chi connectivity index (χ0) is 14.4. The molecule has 6 heteroatoms. The van der Waals surface area contributed by atoms with Crippen LogP contribution in [-0.2, 0) is 9.59 Å². The summed E-state index contributed by atoms with van der Waals surface area (Å²) in [6, 6.07) is 3.97. The number of carboxylic acid groups (broad SMARTS) is 1. The number of anilines is 1. The standard InChI is InChI=1S/C13H15FN2O3/c1-15-12(17)8-16(2)11-5-4-10(14)7-9(11)3-6-13(18)19/h3-7H,8H2,1-2H3,(H,15,17)(H,18,19)/b6-3+. The highest BCUT2D eigenvalue weighted by atomic mass is 19.1. The molecule has 0 aliphatic rings. The third-order valence-electron chi connectivity index (χ3n) is 2.47. The Balaban J connectivity index is 3.05. The Hall–Kier alpha value is -2.37. The monoisotopic (exact) mass is 266 g/mol. The number of aliphatic carboxylic acids is 1. The molecular formula is C13H15FN2O3. The van der Waals surface area contributed by atoms with Gasteiger partial charge in [-0.3, -0.25) is 4.79 Å². The number of amides is 1. The Kier molecular flexibility index (Phi) is 5.05. The number of hydrogen-bond acceptors (Lipinski definition) is 3. The summed E-state index contributed by atoms with van der Waals surface area (Å²) in [5, 5.41) is 11.1. The van der Waals surface area contributed by atoms with Crippen LogP contribution < -0.4 is 10.2 Å². The number of hydrogen-bond donors (Lipinski definition) is 2. The maximum atomic E-state index is 13.2. The van der Waals surface area contributed by atoms with Crippen molar-refractivity contribution in [2.75, 3.05) is 25.5 Å². The van der Waals surface area contributed by atoms with E-state index in [0.717, 1.165) is 6.08 Å². The molecule has 0 aliphatic carbocycles. The molecule has 2 N–H and O–H groups in total. The van der Waals surface area contributed by atoms with Crippen LogP contribution in [0, 0.1) is 5.82 Å². The van der Waals surface area contributed by atoms with Crippen molar-refractivity contribution in [3.8, 4) is 0 Å². The number of carboxylic acids is 1. The van der Waals surface area contributed by atoms with Crippen molar-refractivity contribution in [2.24, 2.45) is 0 Å². The molecule has 0 bridgehead atoms. The summed E-state index contributed by atoms with van der Waals surface area (Å²) in [4.78, 5) is 23.4. The molecule has 0 spiro atoms. The van der Waals surface area contributed by atoms with E-state index in [-0.39, 0.29) is 12.5 Å². The van der Waals surface area contributed by atoms with E-state index >= 15 is 0 Å². The van der Waals surface area contributed by atoms with Gasteiger partial charge in [0, 0.05) is 31.4 Å². The average molecular weight is 266 g/mol. The minimum Gasteiger partial charge on any atom is -0.478 e. The second-order valence-corrected chi connectivity index (χ2v) is 3.90. The van der Waals surface area contributed by atoms with Crippen LogP contribution in [0.2, 0.25) is 0 Å². The van der Waals surface area contributed by atoms with Crippen LogP contribution >= 0.6 is 0 Å². The third kappa shape index (κ3) is 4.42. The quantitative estimate of drug-likeness (QED) is 0.783. The largest absolute Gasteiger partial charge is 0.478 e. The molecule has 0 heterocycles. The highest BCUT2D eigenvalue weighted by Gasteiger charge is 2.10. The first-order valence-electron chi connectivity index (χ1n) is 5.56. The second kappa shape index (κ2) is 6.53. The maximum absolute atomic E-state index is 13.2. The first-order valence-corrected chi connectivity index (χ1v) is 5.56. The van der Waals surface area contributed by atoms with E-state index in [9.17, 15) is 14.0 Å². The molecule has 0 aromatic heterocycles. The number of likely N-dealkylation sites (N-methyl/N-ethyl adjacent to an activating group) is 2. The van der Waals surface area contributed by atoms with E-state index in [0.29, 0.717) is 11.3 Å². The van der Waals surface area contributed by atoms with Crippen LogP contribution in [0.15, 0.2) is 24.3 Å². The number of carbonyl (C=O) groups excluding carboxylic acids is 1. The van der Waals surface area contributed by atoms with E-state index in [4.69, 9.17) is 5.11 Å². The summed E-state index contributed by atoms with van der Waals surface area (Å²) in [5.74, 6) is -1.79. The Labute approximate surface area is 110 Å². The summed E-state index contributed by atoms with van der Waals surface area (Å²) in [6.45, 7) is 0.0933. The second-order valence-electron chi connectivity index (χ2n) is 3.90. The maximum Gasteiger partial charge on any atom is 0.328 e. The fourth-order valence-corrected chi connectivity index (χ4v) is 1.55. The molecule has 1 amide bonds. The van der Waals surface area contributed by atoms with Crippen LogP contribution in [0.4, 0.5) is 10.1 Å². The molecule has 1 aromatic carbocycles. The van der Waals surface area contributed by atoms with Gasteiger partial charge in [0.1, 0.15) is 5.82 Å². The van der Waals surface area contributed by atoms with Crippen molar-refractivity contribution in [1.29, 1.82) is 0 Å². The van der Waals surface area contributed by atoms with Gasteiger partial charge >= 0.3 is 5.97 Å². The molecule has 5 nitrogen and oxygen atoms in total. The van der Waals surface area contributed by atoms with Gasteiger partial charge in [0.25, 0.3) is 0 Å². The van der Waals surface area contributed by atoms with E-state index in [1.165, 1.54) is 31.3 Å². The van der Waals surface area contributed by atoms with Gasteiger partial charge in [0.15, 0.2) is 0 Å². The Bertz CT molecular complexity index is 515. The molecule has 0 atom stereocenters. The van der Waals surface area contributed by atoms with Crippen molar-refractivity contribution in [3.05, 3.63) is 35.7 Å². The number of nitrogens with one attached hydrogen (secondary N) is 1. The van der Waals surface area contributed by atoms with Crippen LogP contribution in [0.25, 0.3) is 6.08 Å².